The van der Waals surface area contributed by atoms with Crippen LogP contribution in [0.1, 0.15) is 92.9 Å². The molecule has 6 rings (SSSR count). The Kier molecular flexibility index (Phi) is 20.1. The molecule has 2 aliphatic rings. The van der Waals surface area contributed by atoms with Crippen molar-refractivity contribution in [3.05, 3.63) is 106 Å². The van der Waals surface area contributed by atoms with Crippen molar-refractivity contribution in [3.8, 4) is 11.1 Å². The van der Waals surface area contributed by atoms with Gasteiger partial charge in [-0.15, -0.1) is 0 Å². The first-order valence-electron chi connectivity index (χ1n) is 19.5. The number of likely N-dealkylation sites (tertiary alicyclic amines) is 2. The lowest BCUT2D eigenvalue weighted by Gasteiger charge is -2.26. The maximum atomic E-state index is 13.0. The first-order chi connectivity index (χ1) is 27.6. The largest absolute Gasteiger partial charge is 0.471 e. The number of carbonyl (C=O) groups is 4. The van der Waals surface area contributed by atoms with Gasteiger partial charge in [0.1, 0.15) is 11.4 Å². The summed E-state index contributed by atoms with van der Waals surface area (Å²) in [4.78, 5) is 55.1. The summed E-state index contributed by atoms with van der Waals surface area (Å²) in [7, 11) is 4.56. The number of ether oxygens (including phenoxy) is 2. The topological polar surface area (TPSA) is 143 Å². The number of aromatic nitrogens is 2. The number of anilines is 2. The first kappa shape index (κ1) is 45.9. The molecule has 2 aromatic heterocycles. The lowest BCUT2D eigenvalue weighted by molar-refractivity contribution is -0.126. The predicted octanol–water partition coefficient (Wildman–Crippen LogP) is 7.72. The summed E-state index contributed by atoms with van der Waals surface area (Å²) in [5, 5.41) is 6.33. The number of carbonyl (C=O) groups excluding carboxylic acids is 4. The number of aryl methyl sites for hydroxylation is 2. The minimum absolute atomic E-state index is 0.177. The molecule has 2 aliphatic heterocycles. The van der Waals surface area contributed by atoms with Gasteiger partial charge in [0.15, 0.2) is 6.29 Å². The molecule has 0 aliphatic carbocycles. The molecular formula is C45H60N6O6. The second kappa shape index (κ2) is 24.9. The van der Waals surface area contributed by atoms with Crippen LogP contribution < -0.4 is 10.6 Å². The Bertz CT molecular complexity index is 1880. The van der Waals surface area contributed by atoms with E-state index in [2.05, 4.69) is 84.9 Å². The van der Waals surface area contributed by atoms with Crippen LogP contribution in [-0.4, -0.2) is 92.4 Å². The molecule has 2 fully saturated rings. The monoisotopic (exact) mass is 780 g/mol. The number of aldehydes is 1. The van der Waals surface area contributed by atoms with Gasteiger partial charge in [0, 0.05) is 43.9 Å². The van der Waals surface area contributed by atoms with Crippen LogP contribution in [0, 0.1) is 27.7 Å². The number of rotatable bonds is 11. The zero-order valence-electron chi connectivity index (χ0n) is 34.7. The maximum Gasteiger partial charge on any atom is 0.292 e. The molecule has 0 atom stereocenters. The second-order valence-corrected chi connectivity index (χ2v) is 14.1. The average molecular weight is 781 g/mol. The van der Waals surface area contributed by atoms with E-state index in [9.17, 15) is 9.59 Å². The molecule has 0 unspecified atom stereocenters. The lowest BCUT2D eigenvalue weighted by Crippen LogP contribution is -2.29. The van der Waals surface area contributed by atoms with Crippen LogP contribution in [-0.2, 0) is 32.2 Å². The Labute approximate surface area is 338 Å². The Hall–Kier alpha value is -5.46. The Balaban J connectivity index is 0.000000299. The first-order valence-corrected chi connectivity index (χ1v) is 19.5. The number of benzene rings is 2. The van der Waals surface area contributed by atoms with Gasteiger partial charge >= 0.3 is 0 Å². The van der Waals surface area contributed by atoms with Crippen LogP contribution >= 0.6 is 0 Å². The van der Waals surface area contributed by atoms with Gasteiger partial charge in [-0.1, -0.05) is 37.1 Å². The van der Waals surface area contributed by atoms with Crippen LogP contribution in [0.2, 0.25) is 0 Å². The van der Waals surface area contributed by atoms with E-state index in [1.807, 2.05) is 50.6 Å². The van der Waals surface area contributed by atoms with Crippen LogP contribution in [0.25, 0.3) is 11.1 Å². The van der Waals surface area contributed by atoms with Gasteiger partial charge in [0.2, 0.25) is 0 Å². The highest BCUT2D eigenvalue weighted by molar-refractivity contribution is 6.04. The smallest absolute Gasteiger partial charge is 0.292 e. The normalized spacial score (nSPS) is 13.8. The van der Waals surface area contributed by atoms with Crippen molar-refractivity contribution in [2.24, 2.45) is 0 Å². The van der Waals surface area contributed by atoms with Gasteiger partial charge in [0.05, 0.1) is 14.2 Å². The van der Waals surface area contributed by atoms with E-state index in [-0.39, 0.29) is 5.91 Å². The fourth-order valence-electron chi connectivity index (χ4n) is 6.87. The zero-order chi connectivity index (χ0) is 41.6. The van der Waals surface area contributed by atoms with Crippen LogP contribution in [0.3, 0.4) is 0 Å². The van der Waals surface area contributed by atoms with Gasteiger partial charge in [-0.2, -0.15) is 0 Å². The average Bonchev–Trinajstić information content (AvgIpc) is 3.24. The number of methoxy groups -OCH3 is 2. The molecule has 0 bridgehead atoms. The highest BCUT2D eigenvalue weighted by Gasteiger charge is 2.17. The van der Waals surface area contributed by atoms with E-state index >= 15 is 0 Å². The van der Waals surface area contributed by atoms with Crippen molar-refractivity contribution in [1.82, 2.24) is 19.8 Å². The molecule has 2 saturated heterocycles. The van der Waals surface area contributed by atoms with E-state index in [1.54, 1.807) is 0 Å². The van der Waals surface area contributed by atoms with Crippen molar-refractivity contribution in [2.45, 2.75) is 79.3 Å². The lowest BCUT2D eigenvalue weighted by atomic mass is 9.94. The number of piperidine rings is 2. The number of hydrogen-bond acceptors (Lipinski definition) is 11. The fraction of sp³-hybridized carbons (Fsp3) is 0.422. The summed E-state index contributed by atoms with van der Waals surface area (Å²) in [5.74, 6) is -0.177. The molecule has 57 heavy (non-hydrogen) atoms. The third-order valence-corrected chi connectivity index (χ3v) is 10.2. The summed E-state index contributed by atoms with van der Waals surface area (Å²) in [6.45, 7) is 15.6. The molecule has 2 aromatic carbocycles. The van der Waals surface area contributed by atoms with Crippen molar-refractivity contribution in [2.75, 3.05) is 58.1 Å². The fourth-order valence-corrected chi connectivity index (χ4v) is 6.87. The molecule has 0 saturated carbocycles. The molecule has 1 amide bonds. The molecular weight excluding hydrogens is 721 g/mol. The van der Waals surface area contributed by atoms with Crippen molar-refractivity contribution >= 4 is 36.5 Å². The molecule has 0 spiro atoms. The molecule has 2 N–H and O–H groups in total. The van der Waals surface area contributed by atoms with E-state index in [4.69, 9.17) is 9.59 Å². The number of amides is 1. The summed E-state index contributed by atoms with van der Waals surface area (Å²) in [5.41, 5.74) is 12.1. The summed E-state index contributed by atoms with van der Waals surface area (Å²) < 4.78 is 7.72. The number of hydrogen-bond donors (Lipinski definition) is 2. The quantitative estimate of drug-likeness (QED) is 0.145. The van der Waals surface area contributed by atoms with Crippen LogP contribution in [0.4, 0.5) is 11.4 Å². The standard InChI is InChI=1S/C28H34N4O.C13H18N2O.2C2H4O2/c1-19-16-27(30-17-22(19)18-32-14-6-5-7-15-32)28(33)31-26-13-9-11-24(21(26)3)23-10-8-12-25(29-4)20(23)2;1-11-7-13(10-16)14-8-12(11)9-15-5-3-2-4-6-15;2*1-4-2-3/h8-13,16-17,29H,5-7,14-15,18H2,1-4H3,(H,31,33);7-8,10H,2-6,9H2,1H3;2*2H,1H3. The Morgan fingerprint density at radius 1 is 0.684 bits per heavy atom. The van der Waals surface area contributed by atoms with E-state index in [1.165, 1.54) is 88.1 Å². The van der Waals surface area contributed by atoms with Gasteiger partial charge < -0.3 is 20.1 Å². The third-order valence-electron chi connectivity index (χ3n) is 10.2. The molecule has 306 valence electrons. The van der Waals surface area contributed by atoms with Crippen molar-refractivity contribution < 1.29 is 28.7 Å². The van der Waals surface area contributed by atoms with Crippen LogP contribution in [0.5, 0.6) is 0 Å². The van der Waals surface area contributed by atoms with Gasteiger partial charge in [-0.3, -0.25) is 38.9 Å². The zero-order valence-corrected chi connectivity index (χ0v) is 34.7. The van der Waals surface area contributed by atoms with E-state index in [0.29, 0.717) is 24.3 Å². The number of nitrogens with one attached hydrogen (secondary N) is 2. The van der Waals surface area contributed by atoms with Gasteiger partial charge in [-0.05, 0) is 148 Å². The second-order valence-electron chi connectivity index (χ2n) is 14.1. The van der Waals surface area contributed by atoms with Crippen LogP contribution in [0.15, 0.2) is 60.9 Å². The molecule has 4 aromatic rings. The molecule has 0 radical (unpaired) electrons. The summed E-state index contributed by atoms with van der Waals surface area (Å²) in [6.07, 6.45) is 12.3. The predicted molar refractivity (Wildman–Crippen MR) is 227 cm³/mol. The highest BCUT2D eigenvalue weighted by Crippen LogP contribution is 2.33. The SMILES string of the molecule is CNc1cccc(-c2cccc(NC(=O)c3cc(C)c(CN4CCCCC4)cn3)c2C)c1C.COC=O.COC=O.Cc1cc(C=O)ncc1CN1CCCCC1. The van der Waals surface area contributed by atoms with E-state index < -0.39 is 0 Å². The van der Waals surface area contributed by atoms with Crippen molar-refractivity contribution in [3.63, 3.8) is 0 Å². The third kappa shape index (κ3) is 14.5. The number of pyridine rings is 2. The summed E-state index contributed by atoms with van der Waals surface area (Å²) in [6, 6.07) is 16.1. The molecule has 12 nitrogen and oxygen atoms in total. The molecule has 12 heteroatoms. The Morgan fingerprint density at radius 3 is 1.58 bits per heavy atom. The highest BCUT2D eigenvalue weighted by atomic mass is 16.5. The Morgan fingerprint density at radius 2 is 1.14 bits per heavy atom. The molecule has 4 heterocycles. The van der Waals surface area contributed by atoms with E-state index in [0.717, 1.165) is 66.1 Å². The van der Waals surface area contributed by atoms with Gasteiger partial charge in [0.25, 0.3) is 18.9 Å². The number of nitrogens with zero attached hydrogens (tertiary/aromatic N) is 4. The van der Waals surface area contributed by atoms with Gasteiger partial charge in [-0.25, -0.2) is 0 Å². The summed E-state index contributed by atoms with van der Waals surface area (Å²) >= 11 is 0. The minimum Gasteiger partial charge on any atom is -0.471 e. The maximum absolute atomic E-state index is 13.0. The minimum atomic E-state index is -0.177. The van der Waals surface area contributed by atoms with Crippen molar-refractivity contribution in [1.29, 1.82) is 0 Å².